The molecule has 10 heteroatoms. The van der Waals surface area contributed by atoms with Crippen LogP contribution >= 0.6 is 27.5 Å². The number of halogens is 2. The summed E-state index contributed by atoms with van der Waals surface area (Å²) in [6.45, 7) is 2.96. The molecule has 0 saturated carbocycles. The highest BCUT2D eigenvalue weighted by Gasteiger charge is 2.13. The van der Waals surface area contributed by atoms with Gasteiger partial charge in [0, 0.05) is 35.2 Å². The van der Waals surface area contributed by atoms with Gasteiger partial charge >= 0.3 is 0 Å². The Kier molecular flexibility index (Phi) is 7.80. The van der Waals surface area contributed by atoms with Crippen LogP contribution in [0.2, 0.25) is 5.02 Å². The van der Waals surface area contributed by atoms with Gasteiger partial charge in [0.25, 0.3) is 5.91 Å². The normalized spacial score (nSPS) is 11.0. The summed E-state index contributed by atoms with van der Waals surface area (Å²) in [5.41, 5.74) is 2.96. The fraction of sp³-hybridized carbons (Fsp3) is 0.200. The number of pyridine rings is 1. The number of carbonyl (C=O) groups excluding carboxylic acids is 1. The highest BCUT2D eigenvalue weighted by molar-refractivity contribution is 9.10. The molecule has 2 heterocycles. The Morgan fingerprint density at radius 2 is 1.83 bits per heavy atom. The van der Waals surface area contributed by atoms with E-state index in [4.69, 9.17) is 20.9 Å². The molecule has 4 rings (SSSR count). The number of likely N-dealkylation sites (N-methyl/N-ethyl adjacent to an activating group) is 1. The molecule has 0 fully saturated rings. The minimum atomic E-state index is -0.278. The van der Waals surface area contributed by atoms with E-state index in [0.717, 1.165) is 27.7 Å². The number of anilines is 1. The van der Waals surface area contributed by atoms with Gasteiger partial charge in [-0.1, -0.05) is 41.0 Å². The van der Waals surface area contributed by atoms with Crippen molar-refractivity contribution in [2.45, 2.75) is 6.92 Å². The van der Waals surface area contributed by atoms with Crippen LogP contribution in [0, 0.1) is 6.92 Å². The number of aromatic nitrogens is 3. The number of benzene rings is 2. The van der Waals surface area contributed by atoms with Crippen LogP contribution in [-0.4, -0.2) is 53.2 Å². The molecule has 0 spiro atoms. The van der Waals surface area contributed by atoms with Crippen LogP contribution in [0.15, 0.2) is 63.6 Å². The molecule has 0 aliphatic rings. The van der Waals surface area contributed by atoms with Crippen LogP contribution in [0.25, 0.3) is 22.5 Å². The van der Waals surface area contributed by atoms with Crippen molar-refractivity contribution in [3.05, 3.63) is 75.5 Å². The first kappa shape index (κ1) is 24.8. The summed E-state index contributed by atoms with van der Waals surface area (Å²) >= 11 is 9.95. The van der Waals surface area contributed by atoms with Crippen molar-refractivity contribution in [1.29, 1.82) is 0 Å². The number of amides is 1. The molecule has 2 aromatic heterocycles. The Hall–Kier alpha value is -3.27. The molecular weight excluding hydrogens is 534 g/mol. The predicted octanol–water partition coefficient (Wildman–Crippen LogP) is 5.72. The lowest BCUT2D eigenvalue weighted by Crippen LogP contribution is -2.20. The first-order chi connectivity index (χ1) is 16.8. The molecule has 0 aliphatic carbocycles. The van der Waals surface area contributed by atoms with E-state index in [1.807, 2.05) is 43.3 Å². The maximum atomic E-state index is 12.8. The van der Waals surface area contributed by atoms with Crippen molar-refractivity contribution in [2.75, 3.05) is 32.6 Å². The minimum absolute atomic E-state index is 0.278. The average Bonchev–Trinajstić information content (AvgIpc) is 3.27. The Morgan fingerprint density at radius 1 is 1.09 bits per heavy atom. The summed E-state index contributed by atoms with van der Waals surface area (Å²) in [7, 11) is 3.93. The van der Waals surface area contributed by atoms with Gasteiger partial charge in [0.05, 0.1) is 4.47 Å². The van der Waals surface area contributed by atoms with Crippen molar-refractivity contribution in [3.8, 4) is 28.4 Å². The molecule has 0 bridgehead atoms. The van der Waals surface area contributed by atoms with Crippen molar-refractivity contribution in [3.63, 3.8) is 0 Å². The summed E-state index contributed by atoms with van der Waals surface area (Å²) < 4.78 is 11.5. The third-order valence-corrected chi connectivity index (χ3v) is 5.96. The fourth-order valence-electron chi connectivity index (χ4n) is 3.21. The highest BCUT2D eigenvalue weighted by Crippen LogP contribution is 2.32. The predicted molar refractivity (Wildman–Crippen MR) is 139 cm³/mol. The molecule has 180 valence electrons. The molecule has 0 saturated heterocycles. The Bertz CT molecular complexity index is 1340. The third-order valence-electron chi connectivity index (χ3n) is 5.05. The van der Waals surface area contributed by atoms with Gasteiger partial charge in [-0.3, -0.25) is 4.79 Å². The molecule has 35 heavy (non-hydrogen) atoms. The number of rotatable bonds is 8. The summed E-state index contributed by atoms with van der Waals surface area (Å²) in [6, 6.07) is 16.2. The molecule has 0 radical (unpaired) electrons. The zero-order valence-corrected chi connectivity index (χ0v) is 21.7. The standard InChI is InChI=1S/C25H23BrClN5O3/c1-15-28-23(31-35-15)18-8-9-19(21(27)14-18)16-4-6-17(7-5-16)24(33)29-22-11-10-20(26)25(30-22)34-13-12-32(2)3/h4-11,14H,12-13H2,1-3H3,(H,29,30,33). The van der Waals surface area contributed by atoms with Crippen LogP contribution in [0.4, 0.5) is 5.82 Å². The first-order valence-corrected chi connectivity index (χ1v) is 11.9. The second kappa shape index (κ2) is 11.0. The fourth-order valence-corrected chi connectivity index (χ4v) is 3.84. The van der Waals surface area contributed by atoms with Gasteiger partial charge in [-0.05, 0) is 65.9 Å². The number of carbonyl (C=O) groups is 1. The van der Waals surface area contributed by atoms with Crippen LogP contribution in [-0.2, 0) is 0 Å². The monoisotopic (exact) mass is 555 g/mol. The maximum Gasteiger partial charge on any atom is 0.256 e. The molecule has 4 aromatic rings. The average molecular weight is 557 g/mol. The van der Waals surface area contributed by atoms with Crippen LogP contribution in [0.1, 0.15) is 16.2 Å². The number of nitrogens with one attached hydrogen (secondary N) is 1. The van der Waals surface area contributed by atoms with Crippen LogP contribution in [0.3, 0.4) is 0 Å². The van der Waals surface area contributed by atoms with Crippen LogP contribution in [0.5, 0.6) is 5.88 Å². The van der Waals surface area contributed by atoms with E-state index >= 15 is 0 Å². The first-order valence-electron chi connectivity index (χ1n) is 10.8. The lowest BCUT2D eigenvalue weighted by Gasteiger charge is -2.12. The van der Waals surface area contributed by atoms with Crippen molar-refractivity contribution in [2.24, 2.45) is 0 Å². The molecule has 0 aliphatic heterocycles. The Morgan fingerprint density at radius 3 is 2.49 bits per heavy atom. The van der Waals surface area contributed by atoms with E-state index < -0.39 is 0 Å². The Labute approximate surface area is 216 Å². The van der Waals surface area contributed by atoms with Crippen molar-refractivity contribution < 1.29 is 14.1 Å². The van der Waals surface area contributed by atoms with E-state index in [-0.39, 0.29) is 5.91 Å². The smallest absolute Gasteiger partial charge is 0.256 e. The van der Waals surface area contributed by atoms with Gasteiger partial charge in [-0.2, -0.15) is 9.97 Å². The summed E-state index contributed by atoms with van der Waals surface area (Å²) in [4.78, 5) is 23.4. The van der Waals surface area contributed by atoms with Gasteiger partial charge < -0.3 is 19.5 Å². The number of ether oxygens (including phenoxy) is 1. The largest absolute Gasteiger partial charge is 0.475 e. The van der Waals surface area contributed by atoms with Gasteiger partial charge in [0.1, 0.15) is 12.4 Å². The minimum Gasteiger partial charge on any atom is -0.475 e. The SMILES string of the molecule is Cc1nc(-c2ccc(-c3ccc(C(=O)Nc4ccc(Br)c(OCCN(C)C)n4)cc3)c(Cl)c2)no1. The molecule has 8 nitrogen and oxygen atoms in total. The van der Waals surface area contributed by atoms with E-state index in [1.54, 1.807) is 37.3 Å². The second-order valence-corrected chi connectivity index (χ2v) is 9.26. The lowest BCUT2D eigenvalue weighted by atomic mass is 10.0. The van der Waals surface area contributed by atoms with E-state index in [2.05, 4.69) is 36.4 Å². The number of nitrogens with zero attached hydrogens (tertiary/aromatic N) is 4. The zero-order chi connectivity index (χ0) is 24.9. The molecule has 0 atom stereocenters. The van der Waals surface area contributed by atoms with Gasteiger partial charge in [0.15, 0.2) is 0 Å². The zero-order valence-electron chi connectivity index (χ0n) is 19.4. The molecule has 0 unspecified atom stereocenters. The summed E-state index contributed by atoms with van der Waals surface area (Å²) in [5, 5.41) is 7.28. The quantitative estimate of drug-likeness (QED) is 0.297. The molecule has 2 aromatic carbocycles. The highest BCUT2D eigenvalue weighted by atomic mass is 79.9. The third kappa shape index (κ3) is 6.25. The van der Waals surface area contributed by atoms with E-state index in [1.165, 1.54) is 0 Å². The van der Waals surface area contributed by atoms with E-state index in [0.29, 0.717) is 40.6 Å². The second-order valence-electron chi connectivity index (χ2n) is 8.00. The Balaban J connectivity index is 1.45. The van der Waals surface area contributed by atoms with Crippen LogP contribution < -0.4 is 10.1 Å². The molecular formula is C25H23BrClN5O3. The summed E-state index contributed by atoms with van der Waals surface area (Å²) in [5.74, 6) is 1.52. The van der Waals surface area contributed by atoms with Gasteiger partial charge in [-0.25, -0.2) is 0 Å². The molecule has 1 amide bonds. The lowest BCUT2D eigenvalue weighted by molar-refractivity contribution is 0.102. The number of hydrogen-bond acceptors (Lipinski definition) is 7. The van der Waals surface area contributed by atoms with Crippen molar-refractivity contribution >= 4 is 39.3 Å². The van der Waals surface area contributed by atoms with E-state index in [9.17, 15) is 4.79 Å². The number of hydrogen-bond donors (Lipinski definition) is 1. The van der Waals surface area contributed by atoms with Gasteiger partial charge in [-0.15, -0.1) is 0 Å². The summed E-state index contributed by atoms with van der Waals surface area (Å²) in [6.07, 6.45) is 0. The van der Waals surface area contributed by atoms with Crippen molar-refractivity contribution in [1.82, 2.24) is 20.0 Å². The topological polar surface area (TPSA) is 93.4 Å². The maximum absolute atomic E-state index is 12.8. The van der Waals surface area contributed by atoms with Gasteiger partial charge in [0.2, 0.25) is 17.6 Å². The number of aryl methyl sites for hydroxylation is 1. The molecule has 1 N–H and O–H groups in total.